The maximum Gasteiger partial charge on any atom is 0.334 e. The van der Waals surface area contributed by atoms with Crippen molar-refractivity contribution in [2.75, 3.05) is 31.5 Å². The van der Waals surface area contributed by atoms with Crippen LogP contribution in [0.5, 0.6) is 0 Å². The van der Waals surface area contributed by atoms with Gasteiger partial charge in [-0.2, -0.15) is 5.10 Å². The average Bonchev–Trinajstić information content (AvgIpc) is 3.02. The van der Waals surface area contributed by atoms with Gasteiger partial charge < -0.3 is 10.2 Å². The molecule has 0 spiro atoms. The molecule has 0 radical (unpaired) electrons. The van der Waals surface area contributed by atoms with E-state index in [0.29, 0.717) is 11.5 Å². The molecule has 0 amide bonds. The van der Waals surface area contributed by atoms with E-state index in [1.54, 1.807) is 11.7 Å². The van der Waals surface area contributed by atoms with E-state index in [4.69, 9.17) is 0 Å². The normalized spacial score (nSPS) is 15.8. The fraction of sp³-hybridized carbons (Fsp3) is 0.786. The van der Waals surface area contributed by atoms with Crippen molar-refractivity contribution < 1.29 is 4.92 Å². The molecule has 21 heavy (non-hydrogen) atoms. The van der Waals surface area contributed by atoms with E-state index in [9.17, 15) is 10.1 Å². The van der Waals surface area contributed by atoms with Gasteiger partial charge in [0, 0.05) is 19.5 Å². The van der Waals surface area contributed by atoms with Crippen molar-refractivity contribution in [1.29, 1.82) is 0 Å². The summed E-state index contributed by atoms with van der Waals surface area (Å²) in [5, 5.41) is 18.8. The van der Waals surface area contributed by atoms with Crippen LogP contribution in [0.2, 0.25) is 0 Å². The van der Waals surface area contributed by atoms with Crippen LogP contribution >= 0.6 is 0 Å². The highest BCUT2D eigenvalue weighted by Crippen LogP contribution is 2.32. The second-order valence-corrected chi connectivity index (χ2v) is 5.95. The molecule has 2 rings (SSSR count). The molecule has 1 aromatic heterocycles. The second kappa shape index (κ2) is 6.89. The van der Waals surface area contributed by atoms with Crippen molar-refractivity contribution in [2.45, 2.75) is 39.0 Å². The van der Waals surface area contributed by atoms with Crippen molar-refractivity contribution in [3.8, 4) is 0 Å². The van der Waals surface area contributed by atoms with Crippen LogP contribution in [-0.4, -0.2) is 45.8 Å². The first-order valence-corrected chi connectivity index (χ1v) is 7.68. The summed E-state index contributed by atoms with van der Waals surface area (Å²) < 4.78 is 1.59. The summed E-state index contributed by atoms with van der Waals surface area (Å²) in [4.78, 5) is 13.4. The van der Waals surface area contributed by atoms with Crippen molar-refractivity contribution >= 4 is 11.5 Å². The van der Waals surface area contributed by atoms with Gasteiger partial charge in [0.05, 0.1) is 4.92 Å². The lowest BCUT2D eigenvalue weighted by molar-refractivity contribution is -0.384. The van der Waals surface area contributed by atoms with E-state index in [0.717, 1.165) is 19.5 Å². The Morgan fingerprint density at radius 3 is 2.62 bits per heavy atom. The Labute approximate surface area is 125 Å². The number of aryl methyl sites for hydroxylation is 1. The van der Waals surface area contributed by atoms with Gasteiger partial charge in [0.1, 0.15) is 5.69 Å². The third-order valence-corrected chi connectivity index (χ3v) is 3.92. The highest BCUT2D eigenvalue weighted by molar-refractivity contribution is 5.60. The monoisotopic (exact) mass is 295 g/mol. The van der Waals surface area contributed by atoms with Crippen LogP contribution in [0.3, 0.4) is 0 Å². The van der Waals surface area contributed by atoms with Crippen molar-refractivity contribution in [3.63, 3.8) is 0 Å². The standard InChI is InChI=1S/C14H25N5O2/c1-11(2)12-13(19(20)21)14(17(3)16-12)15-7-6-10-18-8-4-5-9-18/h11,15H,4-10H2,1-3H3. The SMILES string of the molecule is CC(C)c1nn(C)c(NCCCN2CCCC2)c1[N+](=O)[O-]. The quantitative estimate of drug-likeness (QED) is 0.475. The zero-order valence-electron chi connectivity index (χ0n) is 13.1. The van der Waals surface area contributed by atoms with Gasteiger partial charge in [0.15, 0.2) is 0 Å². The van der Waals surface area contributed by atoms with Gasteiger partial charge >= 0.3 is 5.69 Å². The first-order valence-electron chi connectivity index (χ1n) is 7.68. The molecule has 118 valence electrons. The Kier molecular flexibility index (Phi) is 5.17. The molecule has 0 atom stereocenters. The Bertz CT molecular complexity index is 492. The molecule has 0 aromatic carbocycles. The van der Waals surface area contributed by atoms with Gasteiger partial charge in [-0.25, -0.2) is 4.68 Å². The summed E-state index contributed by atoms with van der Waals surface area (Å²) in [6.45, 7) is 8.00. The molecule has 1 aliphatic heterocycles. The summed E-state index contributed by atoms with van der Waals surface area (Å²) in [6.07, 6.45) is 3.57. The number of aromatic nitrogens is 2. The molecule has 1 fully saturated rings. The Morgan fingerprint density at radius 2 is 2.05 bits per heavy atom. The van der Waals surface area contributed by atoms with Crippen molar-refractivity contribution in [2.24, 2.45) is 7.05 Å². The molecule has 7 heteroatoms. The van der Waals surface area contributed by atoms with Gasteiger partial charge in [0.2, 0.25) is 5.82 Å². The van der Waals surface area contributed by atoms with E-state index in [1.807, 2.05) is 13.8 Å². The summed E-state index contributed by atoms with van der Waals surface area (Å²) in [5.74, 6) is 0.557. The highest BCUT2D eigenvalue weighted by atomic mass is 16.6. The molecule has 1 saturated heterocycles. The maximum absolute atomic E-state index is 11.3. The molecule has 0 unspecified atom stereocenters. The van der Waals surface area contributed by atoms with Crippen LogP contribution in [-0.2, 0) is 7.05 Å². The second-order valence-electron chi connectivity index (χ2n) is 5.95. The fourth-order valence-corrected chi connectivity index (χ4v) is 2.82. The number of hydrogen-bond donors (Lipinski definition) is 1. The molecule has 1 N–H and O–H groups in total. The van der Waals surface area contributed by atoms with E-state index in [-0.39, 0.29) is 16.5 Å². The van der Waals surface area contributed by atoms with Crippen LogP contribution in [0.25, 0.3) is 0 Å². The number of hydrogen-bond acceptors (Lipinski definition) is 5. The van der Waals surface area contributed by atoms with E-state index in [2.05, 4.69) is 15.3 Å². The molecule has 2 heterocycles. The first-order chi connectivity index (χ1) is 10.0. The van der Waals surface area contributed by atoms with Crippen LogP contribution in [0.1, 0.15) is 44.7 Å². The van der Waals surface area contributed by atoms with E-state index >= 15 is 0 Å². The molecule has 1 aliphatic rings. The van der Waals surface area contributed by atoms with Crippen LogP contribution < -0.4 is 5.32 Å². The Morgan fingerprint density at radius 1 is 1.38 bits per heavy atom. The van der Waals surface area contributed by atoms with Gasteiger partial charge in [0.25, 0.3) is 0 Å². The van der Waals surface area contributed by atoms with Gasteiger partial charge in [-0.1, -0.05) is 13.8 Å². The molecule has 1 aromatic rings. The highest BCUT2D eigenvalue weighted by Gasteiger charge is 2.28. The minimum absolute atomic E-state index is 0.0387. The zero-order chi connectivity index (χ0) is 15.4. The maximum atomic E-state index is 11.3. The summed E-state index contributed by atoms with van der Waals surface area (Å²) in [5.41, 5.74) is 0.665. The topological polar surface area (TPSA) is 76.2 Å². The molecule has 0 saturated carbocycles. The summed E-state index contributed by atoms with van der Waals surface area (Å²) in [7, 11) is 1.75. The fourth-order valence-electron chi connectivity index (χ4n) is 2.82. The van der Waals surface area contributed by atoms with Crippen LogP contribution in [0, 0.1) is 10.1 Å². The number of nitro groups is 1. The van der Waals surface area contributed by atoms with Gasteiger partial charge in [-0.05, 0) is 38.9 Å². The largest absolute Gasteiger partial charge is 0.364 e. The molecule has 0 aliphatic carbocycles. The van der Waals surface area contributed by atoms with Gasteiger partial charge in [-0.15, -0.1) is 0 Å². The molecular formula is C14H25N5O2. The van der Waals surface area contributed by atoms with E-state index < -0.39 is 0 Å². The smallest absolute Gasteiger partial charge is 0.334 e. The van der Waals surface area contributed by atoms with E-state index in [1.165, 1.54) is 25.9 Å². The zero-order valence-corrected chi connectivity index (χ0v) is 13.1. The van der Waals surface area contributed by atoms with Crippen molar-refractivity contribution in [1.82, 2.24) is 14.7 Å². The number of anilines is 1. The molecular weight excluding hydrogens is 270 g/mol. The molecule has 7 nitrogen and oxygen atoms in total. The number of likely N-dealkylation sites (tertiary alicyclic amines) is 1. The van der Waals surface area contributed by atoms with Crippen LogP contribution in [0.15, 0.2) is 0 Å². The number of rotatable bonds is 7. The minimum atomic E-state index is -0.328. The van der Waals surface area contributed by atoms with Crippen molar-refractivity contribution in [3.05, 3.63) is 15.8 Å². The number of nitrogens with zero attached hydrogens (tertiary/aromatic N) is 4. The Balaban J connectivity index is 1.96. The van der Waals surface area contributed by atoms with Crippen LogP contribution in [0.4, 0.5) is 11.5 Å². The minimum Gasteiger partial charge on any atom is -0.364 e. The summed E-state index contributed by atoms with van der Waals surface area (Å²) >= 11 is 0. The lowest BCUT2D eigenvalue weighted by Gasteiger charge is -2.14. The third kappa shape index (κ3) is 3.72. The first kappa shape index (κ1) is 15.8. The summed E-state index contributed by atoms with van der Waals surface area (Å²) in [6, 6.07) is 0. The lowest BCUT2D eigenvalue weighted by Crippen LogP contribution is -2.22. The molecule has 0 bridgehead atoms. The number of nitrogens with one attached hydrogen (secondary N) is 1. The predicted octanol–water partition coefficient (Wildman–Crippen LogP) is 2.35. The average molecular weight is 295 g/mol. The third-order valence-electron chi connectivity index (χ3n) is 3.92. The van der Waals surface area contributed by atoms with Gasteiger partial charge in [-0.3, -0.25) is 10.1 Å². The predicted molar refractivity (Wildman–Crippen MR) is 82.7 cm³/mol. The Hall–Kier alpha value is -1.63. The lowest BCUT2D eigenvalue weighted by atomic mass is 10.1.